The van der Waals surface area contributed by atoms with Crippen molar-refractivity contribution in [1.82, 2.24) is 15.1 Å². The van der Waals surface area contributed by atoms with Crippen LogP contribution in [0.3, 0.4) is 0 Å². The van der Waals surface area contributed by atoms with E-state index in [0.717, 1.165) is 21.8 Å². The first-order valence-corrected chi connectivity index (χ1v) is 8.30. The Hall–Kier alpha value is -2.60. The van der Waals surface area contributed by atoms with Gasteiger partial charge in [-0.2, -0.15) is 4.98 Å². The lowest BCUT2D eigenvalue weighted by molar-refractivity contribution is 0.368. The number of nitrogens with one attached hydrogen (secondary N) is 2. The summed E-state index contributed by atoms with van der Waals surface area (Å²) in [5, 5.41) is 10.7. The number of aromatic nitrogens is 3. The topological polar surface area (TPSA) is 66.7 Å². The Morgan fingerprint density at radius 1 is 1.26 bits per heavy atom. The smallest absolute Gasteiger partial charge is 0.249 e. The largest absolute Gasteiger partial charge is 0.374 e. The monoisotopic (exact) mass is 324 g/mol. The van der Waals surface area contributed by atoms with Crippen molar-refractivity contribution in [3.05, 3.63) is 53.4 Å². The molecule has 3 aromatic heterocycles. The second-order valence-corrected chi connectivity index (χ2v) is 6.50. The molecule has 1 aromatic carbocycles. The highest BCUT2D eigenvalue weighted by molar-refractivity contribution is 7.13. The fourth-order valence-corrected chi connectivity index (χ4v) is 3.25. The lowest BCUT2D eigenvalue weighted by Crippen LogP contribution is -2.06. The molecule has 0 fully saturated rings. The van der Waals surface area contributed by atoms with Crippen molar-refractivity contribution in [2.45, 2.75) is 19.9 Å². The summed E-state index contributed by atoms with van der Waals surface area (Å²) in [6.07, 6.45) is 0. The summed E-state index contributed by atoms with van der Waals surface area (Å²) in [6.45, 7) is 4.07. The summed E-state index contributed by atoms with van der Waals surface area (Å²) >= 11 is 1.60. The van der Waals surface area contributed by atoms with Crippen molar-refractivity contribution < 1.29 is 4.52 Å². The predicted octanol–water partition coefficient (Wildman–Crippen LogP) is 4.76. The van der Waals surface area contributed by atoms with E-state index in [9.17, 15) is 0 Å². The molecule has 23 heavy (non-hydrogen) atoms. The van der Waals surface area contributed by atoms with Gasteiger partial charge in [0.1, 0.15) is 6.04 Å². The van der Waals surface area contributed by atoms with Gasteiger partial charge in [0.25, 0.3) is 0 Å². The van der Waals surface area contributed by atoms with Crippen LogP contribution in [0.15, 0.2) is 46.3 Å². The molecule has 0 saturated carbocycles. The molecule has 0 radical (unpaired) electrons. The van der Waals surface area contributed by atoms with Gasteiger partial charge in [-0.05, 0) is 49.6 Å². The van der Waals surface area contributed by atoms with Crippen molar-refractivity contribution >= 4 is 27.9 Å². The number of thiophene rings is 1. The maximum absolute atomic E-state index is 5.39. The van der Waals surface area contributed by atoms with E-state index >= 15 is 0 Å². The summed E-state index contributed by atoms with van der Waals surface area (Å²) in [7, 11) is 0. The fraction of sp³-hybridized carbons (Fsp3) is 0.176. The quantitative estimate of drug-likeness (QED) is 0.568. The first-order valence-electron chi connectivity index (χ1n) is 7.42. The Morgan fingerprint density at radius 2 is 2.17 bits per heavy atom. The number of hydrogen-bond donors (Lipinski definition) is 2. The van der Waals surface area contributed by atoms with Gasteiger partial charge < -0.3 is 14.8 Å². The van der Waals surface area contributed by atoms with Crippen LogP contribution < -0.4 is 5.32 Å². The normalized spacial score (nSPS) is 12.6. The number of rotatable bonds is 4. The molecule has 6 heteroatoms. The van der Waals surface area contributed by atoms with Crippen LogP contribution in [-0.4, -0.2) is 15.1 Å². The molecule has 1 unspecified atom stereocenters. The second-order valence-electron chi connectivity index (χ2n) is 5.55. The Morgan fingerprint density at radius 3 is 3.00 bits per heavy atom. The van der Waals surface area contributed by atoms with E-state index in [1.807, 2.05) is 30.5 Å². The van der Waals surface area contributed by atoms with Crippen LogP contribution in [0, 0.1) is 6.92 Å². The van der Waals surface area contributed by atoms with Crippen LogP contribution in [0.1, 0.15) is 24.6 Å². The molecule has 5 nitrogen and oxygen atoms in total. The third-order valence-corrected chi connectivity index (χ3v) is 4.56. The van der Waals surface area contributed by atoms with Gasteiger partial charge in [0.15, 0.2) is 0 Å². The summed E-state index contributed by atoms with van der Waals surface area (Å²) in [4.78, 5) is 8.81. The molecule has 0 spiro atoms. The van der Waals surface area contributed by atoms with Gasteiger partial charge in [-0.25, -0.2) is 0 Å². The molecule has 4 rings (SSSR count). The molecular weight excluding hydrogens is 308 g/mol. The minimum absolute atomic E-state index is 0.0614. The van der Waals surface area contributed by atoms with E-state index in [4.69, 9.17) is 4.52 Å². The van der Waals surface area contributed by atoms with Crippen molar-refractivity contribution in [1.29, 1.82) is 0 Å². The average molecular weight is 324 g/mol. The molecule has 0 aliphatic carbocycles. The van der Waals surface area contributed by atoms with Crippen molar-refractivity contribution in [2.75, 3.05) is 5.32 Å². The van der Waals surface area contributed by atoms with E-state index in [1.54, 1.807) is 11.3 Å². The number of anilines is 1. The molecule has 0 amide bonds. The predicted molar refractivity (Wildman–Crippen MR) is 92.7 cm³/mol. The molecule has 0 aliphatic rings. The number of H-pyrrole nitrogens is 1. The Balaban J connectivity index is 1.55. The second kappa shape index (κ2) is 5.55. The summed E-state index contributed by atoms with van der Waals surface area (Å²) < 4.78 is 5.39. The minimum atomic E-state index is -0.0614. The van der Waals surface area contributed by atoms with Crippen LogP contribution in [-0.2, 0) is 0 Å². The zero-order chi connectivity index (χ0) is 15.8. The van der Waals surface area contributed by atoms with Crippen LogP contribution >= 0.6 is 11.3 Å². The van der Waals surface area contributed by atoms with Crippen molar-refractivity contribution in [3.63, 3.8) is 0 Å². The molecule has 1 atom stereocenters. The van der Waals surface area contributed by atoms with Crippen LogP contribution in [0.25, 0.3) is 21.6 Å². The lowest BCUT2D eigenvalue weighted by atomic mass is 10.2. The van der Waals surface area contributed by atoms with Gasteiger partial charge in [-0.1, -0.05) is 11.2 Å². The van der Waals surface area contributed by atoms with Crippen molar-refractivity contribution in [2.24, 2.45) is 0 Å². The van der Waals surface area contributed by atoms with Gasteiger partial charge >= 0.3 is 0 Å². The number of fused-ring (bicyclic) bond motifs is 1. The highest BCUT2D eigenvalue weighted by Crippen LogP contribution is 2.26. The third-order valence-electron chi connectivity index (χ3n) is 3.69. The number of benzene rings is 1. The van der Waals surface area contributed by atoms with E-state index < -0.39 is 0 Å². The first-order chi connectivity index (χ1) is 11.2. The van der Waals surface area contributed by atoms with Crippen molar-refractivity contribution in [3.8, 4) is 10.7 Å². The Bertz CT molecular complexity index is 939. The number of nitrogens with zero attached hydrogens (tertiary/aromatic N) is 2. The third kappa shape index (κ3) is 2.73. The zero-order valence-corrected chi connectivity index (χ0v) is 13.6. The van der Waals surface area contributed by atoms with Gasteiger partial charge in [-0.3, -0.25) is 0 Å². The van der Waals surface area contributed by atoms with E-state index in [1.165, 1.54) is 5.39 Å². The SMILES string of the molecule is Cc1cc2cc(NC(C)c3nc(-c4cccs4)no3)ccc2[nH]1. The summed E-state index contributed by atoms with van der Waals surface area (Å²) in [5.41, 5.74) is 3.32. The van der Waals surface area contributed by atoms with E-state index in [-0.39, 0.29) is 6.04 Å². The molecule has 0 bridgehead atoms. The molecule has 4 aromatic rings. The van der Waals surface area contributed by atoms with E-state index in [0.29, 0.717) is 11.7 Å². The zero-order valence-electron chi connectivity index (χ0n) is 12.8. The Kier molecular flexibility index (Phi) is 3.38. The molecular formula is C17H16N4OS. The Labute approximate surface area is 137 Å². The highest BCUT2D eigenvalue weighted by Gasteiger charge is 2.15. The van der Waals surface area contributed by atoms with Gasteiger partial charge in [-0.15, -0.1) is 11.3 Å². The standard InChI is InChI=1S/C17H16N4OS/c1-10-8-12-9-13(5-6-14(12)18-10)19-11(2)17-20-16(21-22-17)15-4-3-7-23-15/h3-9,11,18-19H,1-2H3. The summed E-state index contributed by atoms with van der Waals surface area (Å²) in [6, 6.07) is 12.3. The van der Waals surface area contributed by atoms with Crippen LogP contribution in [0.2, 0.25) is 0 Å². The van der Waals surface area contributed by atoms with Gasteiger partial charge in [0.05, 0.1) is 4.88 Å². The van der Waals surface area contributed by atoms with Crippen LogP contribution in [0.4, 0.5) is 5.69 Å². The van der Waals surface area contributed by atoms with Crippen LogP contribution in [0.5, 0.6) is 0 Å². The highest BCUT2D eigenvalue weighted by atomic mass is 32.1. The lowest BCUT2D eigenvalue weighted by Gasteiger charge is -2.11. The van der Waals surface area contributed by atoms with Gasteiger partial charge in [0.2, 0.25) is 11.7 Å². The fourth-order valence-electron chi connectivity index (χ4n) is 2.60. The molecule has 2 N–H and O–H groups in total. The molecule has 3 heterocycles. The maximum Gasteiger partial charge on any atom is 0.249 e. The number of hydrogen-bond acceptors (Lipinski definition) is 5. The molecule has 0 aliphatic heterocycles. The van der Waals surface area contributed by atoms with Gasteiger partial charge in [0, 0.05) is 22.3 Å². The van der Waals surface area contributed by atoms with E-state index in [2.05, 4.69) is 45.6 Å². The molecule has 0 saturated heterocycles. The minimum Gasteiger partial charge on any atom is -0.374 e. The first kappa shape index (κ1) is 14.0. The average Bonchev–Trinajstić information content (AvgIpc) is 3.26. The number of aryl methyl sites for hydroxylation is 1. The summed E-state index contributed by atoms with van der Waals surface area (Å²) in [5.74, 6) is 1.22. The maximum atomic E-state index is 5.39. The molecule has 116 valence electrons. The number of aromatic amines is 1.